The molecule has 2 heterocycles. The Morgan fingerprint density at radius 1 is 1.24 bits per heavy atom. The van der Waals surface area contributed by atoms with Crippen molar-refractivity contribution in [3.8, 4) is 0 Å². The van der Waals surface area contributed by atoms with Crippen LogP contribution in [0.3, 0.4) is 0 Å². The first-order chi connectivity index (χ1) is 12.2. The van der Waals surface area contributed by atoms with Crippen molar-refractivity contribution in [2.45, 2.75) is 69.9 Å². The van der Waals surface area contributed by atoms with Gasteiger partial charge in [-0.15, -0.1) is 0 Å². The molecule has 1 aliphatic heterocycles. The van der Waals surface area contributed by atoms with E-state index < -0.39 is 0 Å². The molecule has 1 N–H and O–H groups in total. The molecule has 0 radical (unpaired) electrons. The number of rotatable bonds is 5. The molecular formula is C18H24N4O3. The molecule has 1 saturated heterocycles. The maximum atomic E-state index is 12.7. The maximum absolute atomic E-state index is 12.7. The summed E-state index contributed by atoms with van der Waals surface area (Å²) in [7, 11) is 0. The Kier molecular flexibility index (Phi) is 4.55. The van der Waals surface area contributed by atoms with Crippen LogP contribution >= 0.6 is 0 Å². The predicted molar refractivity (Wildman–Crippen MR) is 89.6 cm³/mol. The highest BCUT2D eigenvalue weighted by Crippen LogP contribution is 2.33. The van der Waals surface area contributed by atoms with Gasteiger partial charge in [0.1, 0.15) is 6.04 Å². The maximum Gasteiger partial charge on any atom is 0.292 e. The number of likely N-dealkylation sites (tertiary alicyclic amines) is 1. The van der Waals surface area contributed by atoms with Crippen LogP contribution in [0.15, 0.2) is 16.2 Å². The average Bonchev–Trinajstić information content (AvgIpc) is 3.12. The fourth-order valence-corrected chi connectivity index (χ4v) is 3.62. The van der Waals surface area contributed by atoms with Crippen LogP contribution < -0.4 is 5.32 Å². The predicted octanol–water partition coefficient (Wildman–Crippen LogP) is 2.52. The molecule has 4 rings (SSSR count). The van der Waals surface area contributed by atoms with Gasteiger partial charge in [0, 0.05) is 19.0 Å². The molecule has 7 nitrogen and oxygen atoms in total. The molecule has 1 atom stereocenters. The van der Waals surface area contributed by atoms with E-state index in [1.807, 2.05) is 4.90 Å². The Labute approximate surface area is 146 Å². The smallest absolute Gasteiger partial charge is 0.292 e. The fraction of sp³-hybridized carbons (Fsp3) is 0.667. The van der Waals surface area contributed by atoms with Gasteiger partial charge >= 0.3 is 0 Å². The molecule has 1 aromatic heterocycles. The normalized spacial score (nSPS) is 23.4. The Balaban J connectivity index is 1.42. The lowest BCUT2D eigenvalue weighted by atomic mass is 9.97. The van der Waals surface area contributed by atoms with Crippen molar-refractivity contribution in [1.82, 2.24) is 20.4 Å². The zero-order valence-corrected chi connectivity index (χ0v) is 14.4. The van der Waals surface area contributed by atoms with Crippen molar-refractivity contribution < 1.29 is 14.1 Å². The molecule has 25 heavy (non-hydrogen) atoms. The van der Waals surface area contributed by atoms with Crippen LogP contribution in [0.2, 0.25) is 0 Å². The number of carbonyl (C=O) groups excluding carboxylic acids is 2. The SMILES string of the molecule is O=C(NC1CC1)c1noc([C@H]2CCCN2C(=O)CC2=CCCCC2)n1. The minimum atomic E-state index is -0.291. The Hall–Kier alpha value is -2.18. The monoisotopic (exact) mass is 344 g/mol. The highest BCUT2D eigenvalue weighted by Gasteiger charge is 2.35. The molecule has 134 valence electrons. The average molecular weight is 344 g/mol. The number of hydrogen-bond donors (Lipinski definition) is 1. The molecule has 0 spiro atoms. The van der Waals surface area contributed by atoms with Crippen LogP contribution in [0.5, 0.6) is 0 Å². The number of carbonyl (C=O) groups is 2. The lowest BCUT2D eigenvalue weighted by Gasteiger charge is -2.23. The minimum absolute atomic E-state index is 0.0659. The van der Waals surface area contributed by atoms with E-state index in [2.05, 4.69) is 21.5 Å². The van der Waals surface area contributed by atoms with Gasteiger partial charge in [0.2, 0.25) is 11.8 Å². The Morgan fingerprint density at radius 2 is 2.12 bits per heavy atom. The molecule has 1 aromatic rings. The minimum Gasteiger partial charge on any atom is -0.346 e. The van der Waals surface area contributed by atoms with Gasteiger partial charge in [0.15, 0.2) is 0 Å². The number of nitrogens with one attached hydrogen (secondary N) is 1. The van der Waals surface area contributed by atoms with Gasteiger partial charge in [-0.25, -0.2) is 0 Å². The van der Waals surface area contributed by atoms with Crippen molar-refractivity contribution in [2.24, 2.45) is 0 Å². The zero-order chi connectivity index (χ0) is 17.2. The third-order valence-electron chi connectivity index (χ3n) is 5.18. The number of aromatic nitrogens is 2. The molecule has 2 amide bonds. The molecule has 0 unspecified atom stereocenters. The van der Waals surface area contributed by atoms with Crippen LogP contribution in [0.25, 0.3) is 0 Å². The summed E-state index contributed by atoms with van der Waals surface area (Å²) in [6.45, 7) is 0.711. The largest absolute Gasteiger partial charge is 0.346 e. The Morgan fingerprint density at radius 3 is 2.88 bits per heavy atom. The quantitative estimate of drug-likeness (QED) is 0.829. The van der Waals surface area contributed by atoms with E-state index in [0.29, 0.717) is 18.9 Å². The van der Waals surface area contributed by atoms with Crippen molar-refractivity contribution in [3.05, 3.63) is 23.4 Å². The number of allylic oxidation sites excluding steroid dienone is 1. The van der Waals surface area contributed by atoms with E-state index in [4.69, 9.17) is 4.52 Å². The van der Waals surface area contributed by atoms with Gasteiger partial charge in [-0.1, -0.05) is 16.8 Å². The summed E-state index contributed by atoms with van der Waals surface area (Å²) in [5.74, 6) is 0.277. The summed E-state index contributed by atoms with van der Waals surface area (Å²) >= 11 is 0. The lowest BCUT2D eigenvalue weighted by molar-refractivity contribution is -0.131. The summed E-state index contributed by atoms with van der Waals surface area (Å²) in [6.07, 6.45) is 10.9. The van der Waals surface area contributed by atoms with Crippen molar-refractivity contribution >= 4 is 11.8 Å². The highest BCUT2D eigenvalue weighted by molar-refractivity contribution is 5.90. The van der Waals surface area contributed by atoms with E-state index in [-0.39, 0.29) is 29.7 Å². The van der Waals surface area contributed by atoms with E-state index in [9.17, 15) is 9.59 Å². The molecule has 0 aromatic carbocycles. The number of amides is 2. The third kappa shape index (κ3) is 3.75. The molecule has 2 aliphatic carbocycles. The standard InChI is InChI=1S/C18H24N4O3/c23-15(11-12-5-2-1-3-6-12)22-10-4-7-14(22)18-20-16(21-25-18)17(24)19-13-8-9-13/h5,13-14H,1-4,6-11H2,(H,19,24)/t14-/m1/s1. The fourth-order valence-electron chi connectivity index (χ4n) is 3.62. The first-order valence-corrected chi connectivity index (χ1v) is 9.32. The Bertz CT molecular complexity index is 692. The van der Waals surface area contributed by atoms with Crippen molar-refractivity contribution in [2.75, 3.05) is 6.54 Å². The second kappa shape index (κ2) is 6.98. The summed E-state index contributed by atoms with van der Waals surface area (Å²) in [6, 6.07) is 0.0504. The van der Waals surface area contributed by atoms with Gasteiger partial charge < -0.3 is 14.7 Å². The second-order valence-corrected chi connectivity index (χ2v) is 7.23. The van der Waals surface area contributed by atoms with E-state index in [0.717, 1.165) is 38.5 Å². The van der Waals surface area contributed by atoms with Gasteiger partial charge in [-0.05, 0) is 51.4 Å². The first-order valence-electron chi connectivity index (χ1n) is 9.32. The van der Waals surface area contributed by atoms with Gasteiger partial charge in [0.05, 0.1) is 0 Å². The topological polar surface area (TPSA) is 88.3 Å². The third-order valence-corrected chi connectivity index (χ3v) is 5.18. The summed E-state index contributed by atoms with van der Waals surface area (Å²) in [5, 5.41) is 6.65. The molecule has 7 heteroatoms. The zero-order valence-electron chi connectivity index (χ0n) is 14.4. The molecule has 0 bridgehead atoms. The van der Waals surface area contributed by atoms with Gasteiger partial charge in [-0.3, -0.25) is 9.59 Å². The van der Waals surface area contributed by atoms with Crippen LogP contribution in [-0.4, -0.2) is 39.4 Å². The summed E-state index contributed by atoms with van der Waals surface area (Å²) in [5.41, 5.74) is 1.25. The van der Waals surface area contributed by atoms with E-state index in [1.54, 1.807) is 0 Å². The van der Waals surface area contributed by atoms with Crippen LogP contribution in [0.1, 0.15) is 80.3 Å². The summed E-state index contributed by atoms with van der Waals surface area (Å²) in [4.78, 5) is 30.8. The van der Waals surface area contributed by atoms with E-state index in [1.165, 1.54) is 18.4 Å². The van der Waals surface area contributed by atoms with Crippen LogP contribution in [-0.2, 0) is 4.79 Å². The number of hydrogen-bond acceptors (Lipinski definition) is 5. The van der Waals surface area contributed by atoms with Gasteiger partial charge in [-0.2, -0.15) is 4.98 Å². The molecular weight excluding hydrogens is 320 g/mol. The molecule has 3 aliphatic rings. The number of nitrogens with zero attached hydrogens (tertiary/aromatic N) is 3. The summed E-state index contributed by atoms with van der Waals surface area (Å²) < 4.78 is 5.31. The van der Waals surface area contributed by atoms with Crippen molar-refractivity contribution in [1.29, 1.82) is 0 Å². The van der Waals surface area contributed by atoms with E-state index >= 15 is 0 Å². The van der Waals surface area contributed by atoms with Crippen LogP contribution in [0.4, 0.5) is 0 Å². The van der Waals surface area contributed by atoms with Crippen LogP contribution in [0, 0.1) is 0 Å². The highest BCUT2D eigenvalue weighted by atomic mass is 16.5. The van der Waals surface area contributed by atoms with Gasteiger partial charge in [0.25, 0.3) is 11.7 Å². The van der Waals surface area contributed by atoms with Crippen molar-refractivity contribution in [3.63, 3.8) is 0 Å². The lowest BCUT2D eigenvalue weighted by Crippen LogP contribution is -2.31. The molecule has 1 saturated carbocycles. The second-order valence-electron chi connectivity index (χ2n) is 7.23. The molecule has 2 fully saturated rings. The first kappa shape index (κ1) is 16.3.